The number of hydrogen-bond acceptors (Lipinski definition) is 7. The van der Waals surface area contributed by atoms with E-state index >= 15 is 0 Å². The van der Waals surface area contributed by atoms with Crippen LogP contribution in [0.3, 0.4) is 0 Å². The minimum atomic E-state index is -1.01. The molecule has 0 spiro atoms. The van der Waals surface area contributed by atoms with Crippen LogP contribution in [-0.2, 0) is 20.8 Å². The number of hydrogen-bond donors (Lipinski definition) is 4. The van der Waals surface area contributed by atoms with Gasteiger partial charge in [-0.25, -0.2) is 4.79 Å². The number of benzene rings is 1. The second kappa shape index (κ2) is 13.3. The molecule has 0 saturated carbocycles. The molecule has 1 amide bonds. The van der Waals surface area contributed by atoms with E-state index in [-0.39, 0.29) is 5.91 Å². The average Bonchev–Trinajstić information content (AvgIpc) is 3.52. The van der Waals surface area contributed by atoms with E-state index in [9.17, 15) is 24.6 Å². The molecule has 3 rings (SSSR count). The van der Waals surface area contributed by atoms with Gasteiger partial charge >= 0.3 is 11.9 Å². The van der Waals surface area contributed by atoms with Crippen LogP contribution in [0, 0.1) is 0 Å². The van der Waals surface area contributed by atoms with Gasteiger partial charge in [-0.15, -0.1) is 0 Å². The third-order valence-corrected chi connectivity index (χ3v) is 7.10. The van der Waals surface area contributed by atoms with Crippen molar-refractivity contribution in [3.05, 3.63) is 35.9 Å². The summed E-state index contributed by atoms with van der Waals surface area (Å²) in [7, 11) is 0. The highest BCUT2D eigenvalue weighted by Gasteiger charge is 2.38. The number of aryl methyl sites for hydroxylation is 1. The van der Waals surface area contributed by atoms with Gasteiger partial charge in [0.25, 0.3) is 0 Å². The van der Waals surface area contributed by atoms with Gasteiger partial charge in [-0.05, 0) is 50.5 Å². The summed E-state index contributed by atoms with van der Waals surface area (Å²) >= 11 is 1.69. The fourth-order valence-electron chi connectivity index (χ4n) is 4.35. The Morgan fingerprint density at radius 3 is 2.59 bits per heavy atom. The van der Waals surface area contributed by atoms with Crippen LogP contribution in [0.5, 0.6) is 0 Å². The van der Waals surface area contributed by atoms with Crippen LogP contribution < -0.4 is 10.6 Å². The second-order valence-corrected chi connectivity index (χ2v) is 9.70. The standard InChI is InChI=1S/C24H34N4O5S/c29-21(28-15-6-10-20(28)23(32)33)18(9-4-5-13-25-24-26-14-16-34-24)27-19(22(30)31)12-11-17-7-2-1-3-8-17/h1-3,7-8,18-20,27H,4-6,9-16H2,(H,25,26)(H,30,31)(H,32,33)/t18-,19-,20-/m0/s1. The Labute approximate surface area is 204 Å². The van der Waals surface area contributed by atoms with Crippen molar-refractivity contribution in [1.82, 2.24) is 15.5 Å². The summed E-state index contributed by atoms with van der Waals surface area (Å²) in [6, 6.07) is 7.14. The Morgan fingerprint density at radius 2 is 1.91 bits per heavy atom. The van der Waals surface area contributed by atoms with Gasteiger partial charge in [-0.2, -0.15) is 0 Å². The first-order valence-electron chi connectivity index (χ1n) is 11.9. The van der Waals surface area contributed by atoms with Gasteiger partial charge in [0.15, 0.2) is 5.17 Å². The molecule has 1 aromatic carbocycles. The molecular formula is C24H34N4O5S. The van der Waals surface area contributed by atoms with Gasteiger partial charge in [0.1, 0.15) is 12.1 Å². The van der Waals surface area contributed by atoms with E-state index in [0.29, 0.717) is 45.1 Å². The summed E-state index contributed by atoms with van der Waals surface area (Å²) in [6.07, 6.45) is 3.91. The number of carbonyl (C=O) groups excluding carboxylic acids is 1. The molecule has 4 N–H and O–H groups in total. The van der Waals surface area contributed by atoms with Gasteiger partial charge < -0.3 is 20.4 Å². The van der Waals surface area contributed by atoms with Crippen LogP contribution in [0.25, 0.3) is 0 Å². The Kier molecular flexibility index (Phi) is 10.2. The van der Waals surface area contributed by atoms with Crippen molar-refractivity contribution in [2.75, 3.05) is 25.4 Å². The summed E-state index contributed by atoms with van der Waals surface area (Å²) in [4.78, 5) is 42.7. The molecule has 1 aromatic rings. The van der Waals surface area contributed by atoms with Crippen molar-refractivity contribution < 1.29 is 24.6 Å². The Hall–Kier alpha value is -2.59. The van der Waals surface area contributed by atoms with Crippen molar-refractivity contribution in [2.45, 2.75) is 63.1 Å². The zero-order chi connectivity index (χ0) is 24.3. The van der Waals surface area contributed by atoms with E-state index in [1.54, 1.807) is 11.8 Å². The summed E-state index contributed by atoms with van der Waals surface area (Å²) < 4.78 is 0. The van der Waals surface area contributed by atoms with Crippen molar-refractivity contribution in [3.8, 4) is 0 Å². The molecule has 0 aromatic heterocycles. The Morgan fingerprint density at radius 1 is 1.12 bits per heavy atom. The number of amidine groups is 1. The Balaban J connectivity index is 1.61. The predicted octanol–water partition coefficient (Wildman–Crippen LogP) is 1.97. The fraction of sp³-hybridized carbons (Fsp3) is 0.583. The van der Waals surface area contributed by atoms with Crippen LogP contribution in [0.15, 0.2) is 35.3 Å². The number of thioether (sulfide) groups is 1. The summed E-state index contributed by atoms with van der Waals surface area (Å²) in [5.74, 6) is -1.35. The molecule has 0 bridgehead atoms. The number of aliphatic imine (C=N–C) groups is 1. The molecule has 1 fully saturated rings. The normalized spacial score (nSPS) is 19.5. The van der Waals surface area contributed by atoms with E-state index in [0.717, 1.165) is 36.0 Å². The van der Waals surface area contributed by atoms with Crippen LogP contribution in [0.2, 0.25) is 0 Å². The number of amides is 1. The number of carboxylic acid groups (broad SMARTS) is 2. The lowest BCUT2D eigenvalue weighted by Gasteiger charge is -2.29. The number of nitrogens with zero attached hydrogens (tertiary/aromatic N) is 2. The quantitative estimate of drug-likeness (QED) is 0.309. The van der Waals surface area contributed by atoms with Crippen LogP contribution in [-0.4, -0.2) is 81.6 Å². The molecule has 3 atom stereocenters. The smallest absolute Gasteiger partial charge is 0.326 e. The van der Waals surface area contributed by atoms with Crippen LogP contribution >= 0.6 is 11.8 Å². The predicted molar refractivity (Wildman–Crippen MR) is 132 cm³/mol. The van der Waals surface area contributed by atoms with Gasteiger partial charge in [-0.1, -0.05) is 42.1 Å². The number of likely N-dealkylation sites (tertiary alicyclic amines) is 1. The van der Waals surface area contributed by atoms with Gasteiger partial charge in [0, 0.05) is 18.8 Å². The number of unbranched alkanes of at least 4 members (excludes halogenated alkanes) is 1. The first-order valence-corrected chi connectivity index (χ1v) is 12.9. The summed E-state index contributed by atoms with van der Waals surface area (Å²) in [6.45, 7) is 1.94. The number of aliphatic carboxylic acids is 2. The highest BCUT2D eigenvalue weighted by Crippen LogP contribution is 2.20. The number of rotatable bonds is 13. The van der Waals surface area contributed by atoms with Crippen LogP contribution in [0.1, 0.15) is 44.1 Å². The fourth-order valence-corrected chi connectivity index (χ4v) is 5.12. The molecule has 1 saturated heterocycles. The maximum absolute atomic E-state index is 13.3. The minimum absolute atomic E-state index is 0.320. The molecular weight excluding hydrogens is 456 g/mol. The zero-order valence-electron chi connectivity index (χ0n) is 19.3. The molecule has 0 unspecified atom stereocenters. The van der Waals surface area contributed by atoms with Crippen molar-refractivity contribution in [1.29, 1.82) is 0 Å². The lowest BCUT2D eigenvalue weighted by molar-refractivity contribution is -0.149. The third kappa shape index (κ3) is 7.73. The molecule has 186 valence electrons. The molecule has 10 heteroatoms. The van der Waals surface area contributed by atoms with Gasteiger partial charge in [-0.3, -0.25) is 19.9 Å². The highest BCUT2D eigenvalue weighted by atomic mass is 32.2. The molecule has 0 aliphatic carbocycles. The molecule has 9 nitrogen and oxygen atoms in total. The third-order valence-electron chi connectivity index (χ3n) is 6.17. The van der Waals surface area contributed by atoms with Crippen molar-refractivity contribution in [3.63, 3.8) is 0 Å². The van der Waals surface area contributed by atoms with E-state index in [1.165, 1.54) is 4.90 Å². The topological polar surface area (TPSA) is 131 Å². The van der Waals surface area contributed by atoms with E-state index < -0.39 is 30.1 Å². The number of carbonyl (C=O) groups is 3. The van der Waals surface area contributed by atoms with E-state index in [2.05, 4.69) is 15.6 Å². The Bertz CT molecular complexity index is 866. The second-order valence-electron chi connectivity index (χ2n) is 8.62. The lowest BCUT2D eigenvalue weighted by Crippen LogP contribution is -2.54. The SMILES string of the molecule is O=C(O)[C@H](CCc1ccccc1)N[C@@H](CCCCNC1=NCCS1)C(=O)N1CCC[C@H]1C(=O)O. The lowest BCUT2D eigenvalue weighted by atomic mass is 10.0. The first kappa shape index (κ1) is 26.0. The monoisotopic (exact) mass is 490 g/mol. The summed E-state index contributed by atoms with van der Waals surface area (Å²) in [5, 5.41) is 26.6. The zero-order valence-corrected chi connectivity index (χ0v) is 20.1. The number of nitrogens with one attached hydrogen (secondary N) is 2. The van der Waals surface area contributed by atoms with Gasteiger partial charge in [0.2, 0.25) is 5.91 Å². The van der Waals surface area contributed by atoms with Crippen LogP contribution in [0.4, 0.5) is 0 Å². The van der Waals surface area contributed by atoms with Gasteiger partial charge in [0.05, 0.1) is 12.6 Å². The van der Waals surface area contributed by atoms with Crippen molar-refractivity contribution >= 4 is 34.8 Å². The average molecular weight is 491 g/mol. The molecule has 2 aliphatic rings. The maximum atomic E-state index is 13.3. The largest absolute Gasteiger partial charge is 0.480 e. The van der Waals surface area contributed by atoms with E-state index in [1.807, 2.05) is 30.3 Å². The molecule has 0 radical (unpaired) electrons. The maximum Gasteiger partial charge on any atom is 0.326 e. The molecule has 2 aliphatic heterocycles. The molecule has 2 heterocycles. The minimum Gasteiger partial charge on any atom is -0.480 e. The van der Waals surface area contributed by atoms with Crippen molar-refractivity contribution in [2.24, 2.45) is 4.99 Å². The highest BCUT2D eigenvalue weighted by molar-refractivity contribution is 8.14. The first-order chi connectivity index (χ1) is 16.5. The molecule has 34 heavy (non-hydrogen) atoms. The van der Waals surface area contributed by atoms with E-state index in [4.69, 9.17) is 0 Å². The summed E-state index contributed by atoms with van der Waals surface area (Å²) in [5.41, 5.74) is 1.03. The number of carboxylic acids is 2.